The minimum atomic E-state index is -4.37. The zero-order chi connectivity index (χ0) is 18.5. The number of carbonyl (C=O) groups is 2. The van der Waals surface area contributed by atoms with Gasteiger partial charge in [0.2, 0.25) is 5.91 Å². The number of phenolic OH excluding ortho intramolecular Hbond substituents is 1. The maximum Gasteiger partial charge on any atom is 0.294 e. The maximum absolute atomic E-state index is 12.2. The highest BCUT2D eigenvalue weighted by Gasteiger charge is 2.18. The number of nitrogens with zero attached hydrogens (tertiary/aromatic N) is 2. The molecule has 0 aromatic heterocycles. The third-order valence-corrected chi connectivity index (χ3v) is 4.19. The number of carbonyl (C=O) groups excluding carboxylic acids is 2. The first kappa shape index (κ1) is 20.1. The van der Waals surface area contributed by atoms with Crippen LogP contribution in [0.5, 0.6) is 5.75 Å². The van der Waals surface area contributed by atoms with Gasteiger partial charge in [-0.15, -0.1) is 0 Å². The third-order valence-electron chi connectivity index (χ3n) is 3.34. The lowest BCUT2D eigenvalue weighted by molar-refractivity contribution is -0.135. The lowest BCUT2D eigenvalue weighted by atomic mass is 10.2. The number of phenols is 1. The Morgan fingerprint density at radius 2 is 1.83 bits per heavy atom. The Morgan fingerprint density at radius 3 is 2.33 bits per heavy atom. The molecule has 9 heteroatoms. The highest BCUT2D eigenvalue weighted by molar-refractivity contribution is 7.85. The van der Waals surface area contributed by atoms with E-state index in [0.717, 1.165) is 12.1 Å². The molecule has 134 valence electrons. The molecule has 0 spiro atoms. The Bertz CT molecular complexity index is 717. The van der Waals surface area contributed by atoms with Crippen LogP contribution in [0.3, 0.4) is 0 Å². The average molecular weight is 358 g/mol. The number of Topliss-reactive ketones (excluding diaryl/α,β-unsaturated/α-hetero) is 1. The molecular formula is C15H22N2O6S. The Morgan fingerprint density at radius 1 is 1.21 bits per heavy atom. The zero-order valence-corrected chi connectivity index (χ0v) is 14.7. The van der Waals surface area contributed by atoms with E-state index in [0.29, 0.717) is 6.54 Å². The fraction of sp³-hybridized carbons (Fsp3) is 0.467. The van der Waals surface area contributed by atoms with Gasteiger partial charge in [0.15, 0.2) is 0 Å². The lowest BCUT2D eigenvalue weighted by Crippen LogP contribution is -2.41. The Kier molecular flexibility index (Phi) is 6.88. The Hall–Kier alpha value is -1.97. The minimum Gasteiger partial charge on any atom is -0.508 e. The normalized spacial score (nSPS) is 11.5. The van der Waals surface area contributed by atoms with Gasteiger partial charge in [-0.1, -0.05) is 0 Å². The van der Waals surface area contributed by atoms with Crippen LogP contribution in [0.1, 0.15) is 19.4 Å². The molecule has 0 heterocycles. The van der Waals surface area contributed by atoms with E-state index in [-0.39, 0.29) is 47.5 Å². The van der Waals surface area contributed by atoms with Crippen LogP contribution in [0, 0.1) is 0 Å². The summed E-state index contributed by atoms with van der Waals surface area (Å²) in [4.78, 5) is 26.0. The third kappa shape index (κ3) is 5.91. The van der Waals surface area contributed by atoms with E-state index in [1.807, 2.05) is 0 Å². The van der Waals surface area contributed by atoms with Gasteiger partial charge < -0.3 is 10.0 Å². The number of aromatic hydroxyl groups is 1. The number of ketones is 1. The van der Waals surface area contributed by atoms with E-state index < -0.39 is 10.1 Å². The van der Waals surface area contributed by atoms with Crippen LogP contribution in [0.4, 0.5) is 0 Å². The van der Waals surface area contributed by atoms with E-state index in [1.54, 1.807) is 18.9 Å². The molecule has 1 aromatic rings. The molecule has 0 saturated heterocycles. The predicted octanol–water partition coefficient (Wildman–Crippen LogP) is 0.508. The molecule has 24 heavy (non-hydrogen) atoms. The standard InChI is InChI=1S/C15H22N2O6S/c1-4-17(8-11(2)18)15(20)10-16(3)9-12-7-13(24(21,22)23)5-6-14(12)19/h5-7,19H,4,8-10H2,1-3H3,(H,21,22,23). The van der Waals surface area contributed by atoms with Crippen molar-refractivity contribution < 1.29 is 27.7 Å². The van der Waals surface area contributed by atoms with Crippen molar-refractivity contribution in [3.05, 3.63) is 23.8 Å². The van der Waals surface area contributed by atoms with Crippen LogP contribution < -0.4 is 0 Å². The molecule has 0 aliphatic heterocycles. The monoisotopic (exact) mass is 358 g/mol. The van der Waals surface area contributed by atoms with Crippen molar-refractivity contribution in [2.24, 2.45) is 0 Å². The van der Waals surface area contributed by atoms with Crippen molar-refractivity contribution in [3.8, 4) is 5.75 Å². The molecule has 0 aliphatic rings. The Labute approximate surface area is 141 Å². The molecule has 8 nitrogen and oxygen atoms in total. The molecule has 0 bridgehead atoms. The topological polar surface area (TPSA) is 115 Å². The summed E-state index contributed by atoms with van der Waals surface area (Å²) in [6.07, 6.45) is 0. The molecule has 1 rings (SSSR count). The molecule has 0 fully saturated rings. The van der Waals surface area contributed by atoms with Crippen molar-refractivity contribution in [1.29, 1.82) is 0 Å². The zero-order valence-electron chi connectivity index (χ0n) is 13.9. The molecular weight excluding hydrogens is 336 g/mol. The van der Waals surface area contributed by atoms with Crippen molar-refractivity contribution in [2.45, 2.75) is 25.3 Å². The highest BCUT2D eigenvalue weighted by Crippen LogP contribution is 2.22. The van der Waals surface area contributed by atoms with Crippen LogP contribution in [0.2, 0.25) is 0 Å². The maximum atomic E-state index is 12.2. The first-order chi connectivity index (χ1) is 11.0. The van der Waals surface area contributed by atoms with Crippen LogP contribution in [0.15, 0.2) is 23.1 Å². The SMILES string of the molecule is CCN(CC(C)=O)C(=O)CN(C)Cc1cc(S(=O)(=O)O)ccc1O. The van der Waals surface area contributed by atoms with Crippen molar-refractivity contribution in [1.82, 2.24) is 9.80 Å². The van der Waals surface area contributed by atoms with E-state index in [4.69, 9.17) is 4.55 Å². The van der Waals surface area contributed by atoms with Crippen LogP contribution in [-0.4, -0.2) is 66.2 Å². The molecule has 0 unspecified atom stereocenters. The van der Waals surface area contributed by atoms with Gasteiger partial charge in [-0.3, -0.25) is 19.0 Å². The van der Waals surface area contributed by atoms with Crippen LogP contribution in [0.25, 0.3) is 0 Å². The van der Waals surface area contributed by atoms with Gasteiger partial charge in [-0.05, 0) is 39.1 Å². The molecule has 0 aliphatic carbocycles. The number of amides is 1. The Balaban J connectivity index is 2.82. The van der Waals surface area contributed by atoms with Gasteiger partial charge in [0.25, 0.3) is 10.1 Å². The van der Waals surface area contributed by atoms with Gasteiger partial charge in [0, 0.05) is 18.7 Å². The average Bonchev–Trinajstić information content (AvgIpc) is 2.45. The van der Waals surface area contributed by atoms with Crippen molar-refractivity contribution in [3.63, 3.8) is 0 Å². The highest BCUT2D eigenvalue weighted by atomic mass is 32.2. The summed E-state index contributed by atoms with van der Waals surface area (Å²) >= 11 is 0. The van der Waals surface area contributed by atoms with Crippen LogP contribution in [-0.2, 0) is 26.3 Å². The number of likely N-dealkylation sites (N-methyl/N-ethyl adjacent to an activating group) is 2. The number of rotatable bonds is 8. The smallest absolute Gasteiger partial charge is 0.294 e. The molecule has 0 saturated carbocycles. The largest absolute Gasteiger partial charge is 0.508 e. The molecule has 1 aromatic carbocycles. The summed E-state index contributed by atoms with van der Waals surface area (Å²) in [6.45, 7) is 3.69. The van der Waals surface area contributed by atoms with Gasteiger partial charge in [0.05, 0.1) is 18.0 Å². The quantitative estimate of drug-likeness (QED) is 0.651. The lowest BCUT2D eigenvalue weighted by Gasteiger charge is -2.23. The predicted molar refractivity (Wildman–Crippen MR) is 87.2 cm³/mol. The second-order valence-corrected chi connectivity index (χ2v) is 6.97. The molecule has 2 N–H and O–H groups in total. The van der Waals surface area contributed by atoms with Gasteiger partial charge in [-0.25, -0.2) is 0 Å². The minimum absolute atomic E-state index is 0.00331. The molecule has 0 atom stereocenters. The number of benzene rings is 1. The summed E-state index contributed by atoms with van der Waals surface area (Å²) in [7, 11) is -2.75. The van der Waals surface area contributed by atoms with Crippen molar-refractivity contribution in [2.75, 3.05) is 26.7 Å². The second kappa shape index (κ2) is 8.22. The molecule has 0 radical (unpaired) electrons. The molecule has 1 amide bonds. The van der Waals surface area contributed by atoms with E-state index in [9.17, 15) is 23.1 Å². The number of hydrogen-bond donors (Lipinski definition) is 2. The summed E-state index contributed by atoms with van der Waals surface area (Å²) in [5.41, 5.74) is 0.259. The summed E-state index contributed by atoms with van der Waals surface area (Å²) in [6, 6.07) is 3.41. The van der Waals surface area contributed by atoms with E-state index in [2.05, 4.69) is 0 Å². The fourth-order valence-corrected chi connectivity index (χ4v) is 2.70. The van der Waals surface area contributed by atoms with Gasteiger partial charge >= 0.3 is 0 Å². The summed E-state index contributed by atoms with van der Waals surface area (Å²) in [5, 5.41) is 9.81. The van der Waals surface area contributed by atoms with E-state index >= 15 is 0 Å². The van der Waals surface area contributed by atoms with E-state index in [1.165, 1.54) is 17.9 Å². The van der Waals surface area contributed by atoms with Gasteiger partial charge in [0.1, 0.15) is 11.5 Å². The first-order valence-electron chi connectivity index (χ1n) is 7.29. The number of hydrogen-bond acceptors (Lipinski definition) is 6. The summed E-state index contributed by atoms with van der Waals surface area (Å²) in [5.74, 6) is -0.509. The first-order valence-corrected chi connectivity index (χ1v) is 8.73. The summed E-state index contributed by atoms with van der Waals surface area (Å²) < 4.78 is 31.4. The van der Waals surface area contributed by atoms with Crippen LogP contribution >= 0.6 is 0 Å². The second-order valence-electron chi connectivity index (χ2n) is 5.55. The van der Waals surface area contributed by atoms with Gasteiger partial charge in [-0.2, -0.15) is 8.42 Å². The fourth-order valence-electron chi connectivity index (χ4n) is 2.17. The van der Waals surface area contributed by atoms with Crippen molar-refractivity contribution >= 4 is 21.8 Å².